The summed E-state index contributed by atoms with van der Waals surface area (Å²) in [6, 6.07) is 9.67. The average Bonchev–Trinajstić information content (AvgIpc) is 2.38. The number of benzene rings is 1. The molecular weight excluding hydrogens is 214 g/mol. The van der Waals surface area contributed by atoms with Gasteiger partial charge < -0.3 is 9.64 Å². The van der Waals surface area contributed by atoms with Crippen LogP contribution < -0.4 is 0 Å². The van der Waals surface area contributed by atoms with E-state index in [1.54, 1.807) is 7.11 Å². The van der Waals surface area contributed by atoms with Gasteiger partial charge in [0.15, 0.2) is 0 Å². The minimum absolute atomic E-state index is 0.0738. The maximum Gasteiger partial charge on any atom is 0.256 e. The number of nitrogens with zero attached hydrogens (tertiary/aromatic N) is 1. The molecule has 1 fully saturated rings. The maximum absolute atomic E-state index is 12.4. The number of amides is 1. The fourth-order valence-corrected chi connectivity index (χ4v) is 2.44. The summed E-state index contributed by atoms with van der Waals surface area (Å²) in [6.45, 7) is 2.09. The van der Waals surface area contributed by atoms with Crippen LogP contribution in [0.5, 0.6) is 0 Å². The Morgan fingerprint density at radius 3 is 2.65 bits per heavy atom. The minimum Gasteiger partial charge on any atom is -0.362 e. The topological polar surface area (TPSA) is 29.5 Å². The van der Waals surface area contributed by atoms with Crippen molar-refractivity contribution in [1.82, 2.24) is 4.90 Å². The van der Waals surface area contributed by atoms with E-state index in [-0.39, 0.29) is 18.2 Å². The van der Waals surface area contributed by atoms with Gasteiger partial charge in [-0.25, -0.2) is 0 Å². The Hall–Kier alpha value is -1.35. The van der Waals surface area contributed by atoms with Crippen molar-refractivity contribution in [3.05, 3.63) is 35.9 Å². The third-order valence-electron chi connectivity index (χ3n) is 3.39. The molecule has 1 saturated heterocycles. The molecule has 0 N–H and O–H groups in total. The Bertz CT molecular complexity index is 377. The zero-order chi connectivity index (χ0) is 12.3. The molecule has 3 heteroatoms. The van der Waals surface area contributed by atoms with E-state index in [1.807, 2.05) is 35.2 Å². The third kappa shape index (κ3) is 2.50. The van der Waals surface area contributed by atoms with Crippen molar-refractivity contribution in [2.45, 2.75) is 38.5 Å². The molecule has 17 heavy (non-hydrogen) atoms. The van der Waals surface area contributed by atoms with E-state index in [2.05, 4.69) is 6.92 Å². The summed E-state index contributed by atoms with van der Waals surface area (Å²) >= 11 is 0. The molecule has 1 aliphatic heterocycles. The highest BCUT2D eigenvalue weighted by molar-refractivity contribution is 5.94. The Morgan fingerprint density at radius 1 is 1.29 bits per heavy atom. The molecule has 1 aromatic rings. The largest absolute Gasteiger partial charge is 0.362 e. The molecule has 0 radical (unpaired) electrons. The molecule has 1 heterocycles. The molecule has 1 amide bonds. The Kier molecular flexibility index (Phi) is 3.79. The predicted molar refractivity (Wildman–Crippen MR) is 66.7 cm³/mol. The molecule has 3 nitrogen and oxygen atoms in total. The summed E-state index contributed by atoms with van der Waals surface area (Å²) in [5, 5.41) is 0. The van der Waals surface area contributed by atoms with Crippen molar-refractivity contribution in [1.29, 1.82) is 0 Å². The first-order chi connectivity index (χ1) is 8.24. The fourth-order valence-electron chi connectivity index (χ4n) is 2.44. The second-order valence-corrected chi connectivity index (χ2v) is 4.55. The first-order valence-electron chi connectivity index (χ1n) is 6.14. The summed E-state index contributed by atoms with van der Waals surface area (Å²) in [6.07, 6.45) is 3.03. The lowest BCUT2D eigenvalue weighted by Gasteiger charge is -2.39. The lowest BCUT2D eigenvalue weighted by molar-refractivity contribution is -0.0587. The van der Waals surface area contributed by atoms with E-state index in [0.717, 1.165) is 24.8 Å². The van der Waals surface area contributed by atoms with E-state index in [1.165, 1.54) is 0 Å². The van der Waals surface area contributed by atoms with E-state index in [9.17, 15) is 4.79 Å². The summed E-state index contributed by atoms with van der Waals surface area (Å²) in [7, 11) is 1.67. The van der Waals surface area contributed by atoms with Gasteiger partial charge in [0.05, 0.1) is 0 Å². The van der Waals surface area contributed by atoms with Gasteiger partial charge in [0.25, 0.3) is 5.91 Å². The monoisotopic (exact) mass is 233 g/mol. The highest BCUT2D eigenvalue weighted by Crippen LogP contribution is 2.25. The van der Waals surface area contributed by atoms with Gasteiger partial charge in [-0.15, -0.1) is 0 Å². The van der Waals surface area contributed by atoms with Gasteiger partial charge in [-0.1, -0.05) is 18.2 Å². The smallest absolute Gasteiger partial charge is 0.256 e. The predicted octanol–water partition coefficient (Wildman–Crippen LogP) is 2.67. The third-order valence-corrected chi connectivity index (χ3v) is 3.39. The van der Waals surface area contributed by atoms with Gasteiger partial charge in [0.2, 0.25) is 0 Å². The van der Waals surface area contributed by atoms with Gasteiger partial charge in [0.1, 0.15) is 6.23 Å². The molecule has 92 valence electrons. The Balaban J connectivity index is 2.21. The van der Waals surface area contributed by atoms with E-state index in [0.29, 0.717) is 0 Å². The number of rotatable bonds is 2. The molecule has 0 spiro atoms. The van der Waals surface area contributed by atoms with Crippen LogP contribution in [0.1, 0.15) is 36.5 Å². The molecule has 0 aromatic heterocycles. The first kappa shape index (κ1) is 12.1. The van der Waals surface area contributed by atoms with Gasteiger partial charge in [0, 0.05) is 18.7 Å². The minimum atomic E-state index is -0.0774. The Labute approximate surface area is 102 Å². The average molecular weight is 233 g/mol. The second kappa shape index (κ2) is 5.32. The molecule has 1 unspecified atom stereocenters. The number of hydrogen-bond acceptors (Lipinski definition) is 2. The quantitative estimate of drug-likeness (QED) is 0.786. The van der Waals surface area contributed by atoms with Crippen molar-refractivity contribution in [2.75, 3.05) is 7.11 Å². The van der Waals surface area contributed by atoms with Crippen molar-refractivity contribution in [3.8, 4) is 0 Å². The fraction of sp³-hybridized carbons (Fsp3) is 0.500. The van der Waals surface area contributed by atoms with Crippen molar-refractivity contribution >= 4 is 5.91 Å². The zero-order valence-corrected chi connectivity index (χ0v) is 10.4. The molecular formula is C14H19NO2. The van der Waals surface area contributed by atoms with E-state index in [4.69, 9.17) is 4.74 Å². The van der Waals surface area contributed by atoms with Crippen LogP contribution in [-0.2, 0) is 4.74 Å². The highest BCUT2D eigenvalue weighted by atomic mass is 16.5. The standard InChI is InChI=1S/C14H19NO2/c1-11-7-6-10-13(17-2)15(11)14(16)12-8-4-3-5-9-12/h3-5,8-9,11,13H,6-7,10H2,1-2H3/t11?,13-/m1/s1. The van der Waals surface area contributed by atoms with E-state index >= 15 is 0 Å². The molecule has 1 aliphatic rings. The van der Waals surface area contributed by atoms with Gasteiger partial charge in [-0.3, -0.25) is 4.79 Å². The van der Waals surface area contributed by atoms with Gasteiger partial charge in [-0.2, -0.15) is 0 Å². The van der Waals surface area contributed by atoms with Crippen molar-refractivity contribution in [3.63, 3.8) is 0 Å². The van der Waals surface area contributed by atoms with Crippen molar-refractivity contribution in [2.24, 2.45) is 0 Å². The molecule has 1 aromatic carbocycles. The van der Waals surface area contributed by atoms with Crippen LogP contribution in [0, 0.1) is 0 Å². The maximum atomic E-state index is 12.4. The van der Waals surface area contributed by atoms with Crippen LogP contribution in [0.3, 0.4) is 0 Å². The Morgan fingerprint density at radius 2 is 2.00 bits per heavy atom. The van der Waals surface area contributed by atoms with Crippen molar-refractivity contribution < 1.29 is 9.53 Å². The van der Waals surface area contributed by atoms with E-state index < -0.39 is 0 Å². The highest BCUT2D eigenvalue weighted by Gasteiger charge is 2.32. The first-order valence-corrected chi connectivity index (χ1v) is 6.14. The molecule has 0 saturated carbocycles. The summed E-state index contributed by atoms with van der Waals surface area (Å²) in [5.41, 5.74) is 0.739. The molecule has 0 aliphatic carbocycles. The van der Waals surface area contributed by atoms with Crippen LogP contribution in [0.2, 0.25) is 0 Å². The number of ether oxygens (including phenoxy) is 1. The number of likely N-dealkylation sites (tertiary alicyclic amines) is 1. The number of carbonyl (C=O) groups excluding carboxylic acids is 1. The number of piperidine rings is 1. The van der Waals surface area contributed by atoms with Gasteiger partial charge in [-0.05, 0) is 38.3 Å². The van der Waals surface area contributed by atoms with Crippen LogP contribution in [0.15, 0.2) is 30.3 Å². The lowest BCUT2D eigenvalue weighted by Crippen LogP contribution is -2.49. The van der Waals surface area contributed by atoms with Crippen LogP contribution >= 0.6 is 0 Å². The van der Waals surface area contributed by atoms with Crippen LogP contribution in [-0.4, -0.2) is 30.2 Å². The normalized spacial score (nSPS) is 24.7. The zero-order valence-electron chi connectivity index (χ0n) is 10.4. The van der Waals surface area contributed by atoms with Gasteiger partial charge >= 0.3 is 0 Å². The van der Waals surface area contributed by atoms with Crippen LogP contribution in [0.25, 0.3) is 0 Å². The molecule has 0 bridgehead atoms. The second-order valence-electron chi connectivity index (χ2n) is 4.55. The number of carbonyl (C=O) groups is 1. The number of methoxy groups -OCH3 is 1. The molecule has 2 atom stereocenters. The lowest BCUT2D eigenvalue weighted by atomic mass is 10.0. The number of hydrogen-bond donors (Lipinski definition) is 0. The summed E-state index contributed by atoms with van der Waals surface area (Å²) in [4.78, 5) is 14.3. The molecule has 2 rings (SSSR count). The summed E-state index contributed by atoms with van der Waals surface area (Å²) < 4.78 is 5.42. The summed E-state index contributed by atoms with van der Waals surface area (Å²) in [5.74, 6) is 0.0738. The SMILES string of the molecule is CO[C@@H]1CCCC(C)N1C(=O)c1ccccc1. The van der Waals surface area contributed by atoms with Crippen LogP contribution in [0.4, 0.5) is 0 Å².